The number of carbonyl (C=O) groups excluding carboxylic acids is 2. The smallest absolute Gasteiger partial charge is 0.326 e. The van der Waals surface area contributed by atoms with Crippen molar-refractivity contribution >= 4 is 23.5 Å². The fourth-order valence-electron chi connectivity index (χ4n) is 1.52. The number of carbonyl (C=O) groups is 3. The maximum Gasteiger partial charge on any atom is 0.326 e. The minimum atomic E-state index is -1.08. The van der Waals surface area contributed by atoms with Gasteiger partial charge in [0.1, 0.15) is 6.04 Å². The highest BCUT2D eigenvalue weighted by Crippen LogP contribution is 2.11. The molecule has 102 valence electrons. The van der Waals surface area contributed by atoms with Gasteiger partial charge in [0.05, 0.1) is 0 Å². The quantitative estimate of drug-likeness (QED) is 0.745. The second kappa shape index (κ2) is 6.53. The predicted octanol–water partition coefficient (Wildman–Crippen LogP) is 1.24. The maximum atomic E-state index is 11.9. The van der Waals surface area contributed by atoms with Crippen LogP contribution in [-0.4, -0.2) is 28.9 Å². The zero-order chi connectivity index (χ0) is 14.4. The monoisotopic (exact) mass is 264 g/mol. The van der Waals surface area contributed by atoms with Gasteiger partial charge in [0, 0.05) is 18.2 Å². The molecule has 0 aromatic heterocycles. The molecule has 1 atom stereocenters. The zero-order valence-electron chi connectivity index (χ0n) is 10.8. The molecule has 1 aromatic carbocycles. The lowest BCUT2D eigenvalue weighted by atomic mass is 10.1. The standard InChI is InChI=1S/C13H16N2O4/c1-3-11(13(18)19)15-12(17)9-5-4-6-10(7-9)14-8(2)16/h4-7,11H,3H2,1-2H3,(H,14,16)(H,15,17)(H,18,19)/t11-/m0/s1. The molecule has 0 radical (unpaired) electrons. The molecule has 1 aromatic rings. The summed E-state index contributed by atoms with van der Waals surface area (Å²) in [6, 6.07) is 5.38. The van der Waals surface area contributed by atoms with E-state index < -0.39 is 17.9 Å². The van der Waals surface area contributed by atoms with Crippen LogP contribution in [0.25, 0.3) is 0 Å². The summed E-state index contributed by atoms with van der Waals surface area (Å²) in [6.07, 6.45) is 0.298. The summed E-state index contributed by atoms with van der Waals surface area (Å²) in [5.74, 6) is -1.80. The van der Waals surface area contributed by atoms with Gasteiger partial charge in [-0.05, 0) is 24.6 Å². The van der Waals surface area contributed by atoms with E-state index in [0.29, 0.717) is 17.7 Å². The highest BCUT2D eigenvalue weighted by molar-refractivity contribution is 5.98. The van der Waals surface area contributed by atoms with Crippen molar-refractivity contribution in [3.05, 3.63) is 29.8 Å². The summed E-state index contributed by atoms with van der Waals surface area (Å²) >= 11 is 0. The van der Waals surface area contributed by atoms with Gasteiger partial charge in [-0.3, -0.25) is 9.59 Å². The van der Waals surface area contributed by atoms with Crippen molar-refractivity contribution in [1.29, 1.82) is 0 Å². The number of anilines is 1. The highest BCUT2D eigenvalue weighted by atomic mass is 16.4. The van der Waals surface area contributed by atoms with Gasteiger partial charge in [-0.1, -0.05) is 13.0 Å². The molecule has 1 rings (SSSR count). The molecule has 0 saturated heterocycles. The third-order valence-corrected chi connectivity index (χ3v) is 2.46. The molecule has 2 amide bonds. The lowest BCUT2D eigenvalue weighted by Crippen LogP contribution is -2.40. The zero-order valence-corrected chi connectivity index (χ0v) is 10.8. The van der Waals surface area contributed by atoms with Gasteiger partial charge < -0.3 is 15.7 Å². The molecule has 0 heterocycles. The summed E-state index contributed by atoms with van der Waals surface area (Å²) in [7, 11) is 0. The van der Waals surface area contributed by atoms with Crippen molar-refractivity contribution in [3.8, 4) is 0 Å². The Balaban J connectivity index is 2.82. The van der Waals surface area contributed by atoms with Gasteiger partial charge in [-0.25, -0.2) is 4.79 Å². The fraction of sp³-hybridized carbons (Fsp3) is 0.308. The first-order chi connectivity index (χ1) is 8.93. The van der Waals surface area contributed by atoms with E-state index in [4.69, 9.17) is 5.11 Å². The molecule has 0 bridgehead atoms. The van der Waals surface area contributed by atoms with E-state index in [2.05, 4.69) is 10.6 Å². The van der Waals surface area contributed by atoms with Crippen LogP contribution < -0.4 is 10.6 Å². The minimum absolute atomic E-state index is 0.241. The van der Waals surface area contributed by atoms with Crippen LogP contribution in [-0.2, 0) is 9.59 Å². The topological polar surface area (TPSA) is 95.5 Å². The molecule has 19 heavy (non-hydrogen) atoms. The Labute approximate surface area is 110 Å². The van der Waals surface area contributed by atoms with Crippen LogP contribution in [0.1, 0.15) is 30.6 Å². The SMILES string of the molecule is CC[C@H](NC(=O)c1cccc(NC(C)=O)c1)C(=O)O. The molecular weight excluding hydrogens is 248 g/mol. The molecule has 6 nitrogen and oxygen atoms in total. The summed E-state index contributed by atoms with van der Waals surface area (Å²) in [6.45, 7) is 3.04. The first-order valence-electron chi connectivity index (χ1n) is 5.85. The Morgan fingerprint density at radius 2 is 2.00 bits per heavy atom. The number of nitrogens with one attached hydrogen (secondary N) is 2. The summed E-state index contributed by atoms with van der Waals surface area (Å²) in [5.41, 5.74) is 0.787. The molecule has 0 spiro atoms. The lowest BCUT2D eigenvalue weighted by Gasteiger charge is -2.12. The number of rotatable bonds is 5. The highest BCUT2D eigenvalue weighted by Gasteiger charge is 2.18. The van der Waals surface area contributed by atoms with Gasteiger partial charge in [0.2, 0.25) is 5.91 Å². The average molecular weight is 264 g/mol. The molecule has 0 fully saturated rings. The van der Waals surface area contributed by atoms with E-state index in [1.165, 1.54) is 13.0 Å². The van der Waals surface area contributed by atoms with Crippen molar-refractivity contribution in [2.24, 2.45) is 0 Å². The average Bonchev–Trinajstić information content (AvgIpc) is 2.34. The van der Waals surface area contributed by atoms with E-state index in [-0.39, 0.29) is 5.91 Å². The number of hydrogen-bond donors (Lipinski definition) is 3. The van der Waals surface area contributed by atoms with Crippen LogP contribution >= 0.6 is 0 Å². The molecule has 6 heteroatoms. The van der Waals surface area contributed by atoms with Gasteiger partial charge in [0.25, 0.3) is 5.91 Å². The Morgan fingerprint density at radius 1 is 1.32 bits per heavy atom. The number of carboxylic acids is 1. The van der Waals surface area contributed by atoms with Crippen molar-refractivity contribution in [3.63, 3.8) is 0 Å². The van der Waals surface area contributed by atoms with E-state index in [1.54, 1.807) is 25.1 Å². The molecule has 3 N–H and O–H groups in total. The predicted molar refractivity (Wildman–Crippen MR) is 69.9 cm³/mol. The first kappa shape index (κ1) is 14.7. The maximum absolute atomic E-state index is 11.9. The van der Waals surface area contributed by atoms with Gasteiger partial charge in [-0.15, -0.1) is 0 Å². The van der Waals surface area contributed by atoms with Crippen LogP contribution in [0.2, 0.25) is 0 Å². The van der Waals surface area contributed by atoms with Crippen LogP contribution in [0, 0.1) is 0 Å². The van der Waals surface area contributed by atoms with E-state index in [1.807, 2.05) is 0 Å². The van der Waals surface area contributed by atoms with Crippen molar-refractivity contribution < 1.29 is 19.5 Å². The fourth-order valence-corrected chi connectivity index (χ4v) is 1.52. The summed E-state index contributed by atoms with van der Waals surface area (Å²) in [4.78, 5) is 33.6. The summed E-state index contributed by atoms with van der Waals surface area (Å²) in [5, 5.41) is 13.8. The van der Waals surface area contributed by atoms with E-state index in [0.717, 1.165) is 0 Å². The minimum Gasteiger partial charge on any atom is -0.480 e. The van der Waals surface area contributed by atoms with Gasteiger partial charge in [-0.2, -0.15) is 0 Å². The Bertz CT molecular complexity index is 499. The van der Waals surface area contributed by atoms with E-state index in [9.17, 15) is 14.4 Å². The van der Waals surface area contributed by atoms with Crippen molar-refractivity contribution in [1.82, 2.24) is 5.32 Å². The Hall–Kier alpha value is -2.37. The molecule has 0 saturated carbocycles. The Kier molecular flexibility index (Phi) is 5.05. The number of hydrogen-bond acceptors (Lipinski definition) is 3. The molecule has 0 aliphatic carbocycles. The third-order valence-electron chi connectivity index (χ3n) is 2.46. The lowest BCUT2D eigenvalue weighted by molar-refractivity contribution is -0.139. The summed E-state index contributed by atoms with van der Waals surface area (Å²) < 4.78 is 0. The number of benzene rings is 1. The second-order valence-electron chi connectivity index (χ2n) is 4.03. The molecule has 0 aliphatic heterocycles. The molecular formula is C13H16N2O4. The van der Waals surface area contributed by atoms with Crippen molar-refractivity contribution in [2.75, 3.05) is 5.32 Å². The molecule has 0 unspecified atom stereocenters. The Morgan fingerprint density at radius 3 is 2.53 bits per heavy atom. The van der Waals surface area contributed by atoms with E-state index >= 15 is 0 Å². The number of carboxylic acid groups (broad SMARTS) is 1. The van der Waals surface area contributed by atoms with Crippen LogP contribution in [0.4, 0.5) is 5.69 Å². The van der Waals surface area contributed by atoms with Crippen LogP contribution in [0.3, 0.4) is 0 Å². The largest absolute Gasteiger partial charge is 0.480 e. The molecule has 0 aliphatic rings. The van der Waals surface area contributed by atoms with Crippen LogP contribution in [0.15, 0.2) is 24.3 Å². The van der Waals surface area contributed by atoms with Crippen molar-refractivity contribution in [2.45, 2.75) is 26.3 Å². The third kappa shape index (κ3) is 4.42. The van der Waals surface area contributed by atoms with Gasteiger partial charge in [0.15, 0.2) is 0 Å². The first-order valence-corrected chi connectivity index (χ1v) is 5.85. The number of aliphatic carboxylic acids is 1. The normalized spacial score (nSPS) is 11.5. The second-order valence-corrected chi connectivity index (χ2v) is 4.03. The van der Waals surface area contributed by atoms with Gasteiger partial charge >= 0.3 is 5.97 Å². The van der Waals surface area contributed by atoms with Crippen LogP contribution in [0.5, 0.6) is 0 Å². The number of amides is 2.